The van der Waals surface area contributed by atoms with E-state index in [1.807, 2.05) is 42.2 Å². The van der Waals surface area contributed by atoms with E-state index in [0.29, 0.717) is 0 Å². The summed E-state index contributed by atoms with van der Waals surface area (Å²) in [6, 6.07) is 17.9. The molecule has 2 N–H and O–H groups in total. The summed E-state index contributed by atoms with van der Waals surface area (Å²) in [5.41, 5.74) is 9.61. The van der Waals surface area contributed by atoms with Gasteiger partial charge in [-0.3, -0.25) is 9.69 Å². The molecule has 2 aromatic rings. The largest absolute Gasteiger partial charge is 0.338 e. The Kier molecular flexibility index (Phi) is 9.81. The van der Waals surface area contributed by atoms with E-state index in [0.717, 1.165) is 44.7 Å². The molecule has 0 saturated carbocycles. The third kappa shape index (κ3) is 6.51. The molecule has 2 aromatic carbocycles. The molecule has 1 unspecified atom stereocenters. The third-order valence-corrected chi connectivity index (χ3v) is 4.95. The standard InChI is InChI=1S/C21H27N3O.2ClH/c1-17-7-9-19(10-8-17)20(22)21(25)24-15-13-23(14-16-24)12-11-18-5-3-2-4-6-18;;/h2-10,20H,11-16,22H2,1H3;2*1H. The highest BCUT2D eigenvalue weighted by atomic mass is 35.5. The first-order valence-electron chi connectivity index (χ1n) is 9.01. The van der Waals surface area contributed by atoms with Gasteiger partial charge in [0, 0.05) is 32.7 Å². The van der Waals surface area contributed by atoms with Crippen molar-refractivity contribution in [1.29, 1.82) is 0 Å². The second-order valence-corrected chi connectivity index (χ2v) is 6.79. The van der Waals surface area contributed by atoms with E-state index in [9.17, 15) is 4.79 Å². The fourth-order valence-corrected chi connectivity index (χ4v) is 3.24. The summed E-state index contributed by atoms with van der Waals surface area (Å²) in [6.45, 7) is 6.42. The Bertz CT molecular complexity index is 686. The predicted octanol–water partition coefficient (Wildman–Crippen LogP) is 3.23. The normalized spacial score (nSPS) is 15.4. The highest BCUT2D eigenvalue weighted by Gasteiger charge is 2.25. The summed E-state index contributed by atoms with van der Waals surface area (Å²) in [6.07, 6.45) is 1.05. The van der Waals surface area contributed by atoms with Crippen molar-refractivity contribution < 1.29 is 4.79 Å². The van der Waals surface area contributed by atoms with Gasteiger partial charge in [0.1, 0.15) is 6.04 Å². The number of halogens is 2. The Balaban J connectivity index is 0.00000182. The van der Waals surface area contributed by atoms with E-state index in [2.05, 4.69) is 29.2 Å². The molecule has 1 saturated heterocycles. The van der Waals surface area contributed by atoms with Crippen molar-refractivity contribution in [3.63, 3.8) is 0 Å². The summed E-state index contributed by atoms with van der Waals surface area (Å²) >= 11 is 0. The van der Waals surface area contributed by atoms with Crippen LogP contribution in [0.4, 0.5) is 0 Å². The highest BCUT2D eigenvalue weighted by molar-refractivity contribution is 5.85. The molecule has 0 bridgehead atoms. The van der Waals surface area contributed by atoms with Crippen LogP contribution < -0.4 is 5.73 Å². The van der Waals surface area contributed by atoms with Gasteiger partial charge in [-0.05, 0) is 24.5 Å². The van der Waals surface area contributed by atoms with Crippen molar-refractivity contribution in [2.45, 2.75) is 19.4 Å². The molecule has 1 heterocycles. The summed E-state index contributed by atoms with van der Waals surface area (Å²) in [5, 5.41) is 0. The summed E-state index contributed by atoms with van der Waals surface area (Å²) in [5.74, 6) is 0.0339. The van der Waals surface area contributed by atoms with Crippen molar-refractivity contribution >= 4 is 30.7 Å². The number of rotatable bonds is 5. The summed E-state index contributed by atoms with van der Waals surface area (Å²) < 4.78 is 0. The van der Waals surface area contributed by atoms with Crippen molar-refractivity contribution in [2.75, 3.05) is 32.7 Å². The summed E-state index contributed by atoms with van der Waals surface area (Å²) in [4.78, 5) is 17.0. The van der Waals surface area contributed by atoms with Gasteiger partial charge < -0.3 is 10.6 Å². The number of nitrogens with two attached hydrogens (primary N) is 1. The first-order chi connectivity index (χ1) is 12.1. The van der Waals surface area contributed by atoms with Crippen LogP contribution >= 0.6 is 24.8 Å². The molecular weight excluding hydrogens is 381 g/mol. The van der Waals surface area contributed by atoms with Crippen LogP contribution in [-0.2, 0) is 11.2 Å². The number of hydrogen-bond acceptors (Lipinski definition) is 3. The van der Waals surface area contributed by atoms with Crippen molar-refractivity contribution in [1.82, 2.24) is 9.80 Å². The highest BCUT2D eigenvalue weighted by Crippen LogP contribution is 2.16. The van der Waals surface area contributed by atoms with E-state index >= 15 is 0 Å². The van der Waals surface area contributed by atoms with E-state index < -0.39 is 6.04 Å². The first kappa shape index (κ1) is 23.4. The summed E-state index contributed by atoms with van der Waals surface area (Å²) in [7, 11) is 0. The Morgan fingerprint density at radius 2 is 1.56 bits per heavy atom. The number of benzene rings is 2. The molecule has 1 aliphatic heterocycles. The van der Waals surface area contributed by atoms with Crippen LogP contribution in [0.2, 0.25) is 0 Å². The Morgan fingerprint density at radius 1 is 0.963 bits per heavy atom. The number of hydrogen-bond donors (Lipinski definition) is 1. The monoisotopic (exact) mass is 409 g/mol. The second kappa shape index (κ2) is 11.3. The Labute approximate surface area is 174 Å². The van der Waals surface area contributed by atoms with Crippen LogP contribution in [0.3, 0.4) is 0 Å². The van der Waals surface area contributed by atoms with E-state index in [-0.39, 0.29) is 30.7 Å². The minimum absolute atomic E-state index is 0. The van der Waals surface area contributed by atoms with E-state index in [1.165, 1.54) is 11.1 Å². The average Bonchev–Trinajstić information content (AvgIpc) is 2.67. The van der Waals surface area contributed by atoms with Crippen LogP contribution in [0.15, 0.2) is 54.6 Å². The molecular formula is C21H29Cl2N3O. The van der Waals surface area contributed by atoms with Crippen molar-refractivity contribution in [3.05, 3.63) is 71.3 Å². The molecule has 0 aromatic heterocycles. The van der Waals surface area contributed by atoms with Gasteiger partial charge in [0.25, 0.3) is 0 Å². The lowest BCUT2D eigenvalue weighted by Crippen LogP contribution is -2.51. The molecule has 3 rings (SSSR count). The fourth-order valence-electron chi connectivity index (χ4n) is 3.24. The van der Waals surface area contributed by atoms with Gasteiger partial charge in [0.15, 0.2) is 0 Å². The lowest BCUT2D eigenvalue weighted by atomic mass is 10.0. The Morgan fingerprint density at radius 3 is 2.15 bits per heavy atom. The van der Waals surface area contributed by atoms with Crippen LogP contribution in [0, 0.1) is 6.92 Å². The lowest BCUT2D eigenvalue weighted by Gasteiger charge is -2.36. The van der Waals surface area contributed by atoms with Gasteiger partial charge in [-0.15, -0.1) is 24.8 Å². The molecule has 1 amide bonds. The number of carbonyl (C=O) groups excluding carboxylic acids is 1. The van der Waals surface area contributed by atoms with Crippen LogP contribution in [-0.4, -0.2) is 48.4 Å². The minimum Gasteiger partial charge on any atom is -0.338 e. The van der Waals surface area contributed by atoms with Crippen LogP contribution in [0.25, 0.3) is 0 Å². The maximum Gasteiger partial charge on any atom is 0.244 e. The maximum atomic E-state index is 12.7. The van der Waals surface area contributed by atoms with Gasteiger partial charge in [0.2, 0.25) is 5.91 Å². The van der Waals surface area contributed by atoms with Gasteiger partial charge in [-0.25, -0.2) is 0 Å². The van der Waals surface area contributed by atoms with E-state index in [1.54, 1.807) is 0 Å². The van der Waals surface area contributed by atoms with Gasteiger partial charge in [-0.1, -0.05) is 60.2 Å². The zero-order chi connectivity index (χ0) is 17.6. The average molecular weight is 410 g/mol. The fraction of sp³-hybridized carbons (Fsp3) is 0.381. The molecule has 1 aliphatic rings. The predicted molar refractivity (Wildman–Crippen MR) is 116 cm³/mol. The van der Waals surface area contributed by atoms with Gasteiger partial charge in [-0.2, -0.15) is 0 Å². The molecule has 1 fully saturated rings. The molecule has 0 radical (unpaired) electrons. The molecule has 0 aliphatic carbocycles. The Hall–Kier alpha value is -1.59. The quantitative estimate of drug-likeness (QED) is 0.824. The topological polar surface area (TPSA) is 49.6 Å². The molecule has 148 valence electrons. The number of piperazine rings is 1. The number of amides is 1. The lowest BCUT2D eigenvalue weighted by molar-refractivity contribution is -0.134. The third-order valence-electron chi connectivity index (χ3n) is 4.95. The van der Waals surface area contributed by atoms with Crippen molar-refractivity contribution in [3.8, 4) is 0 Å². The smallest absolute Gasteiger partial charge is 0.244 e. The first-order valence-corrected chi connectivity index (χ1v) is 9.01. The SMILES string of the molecule is Cc1ccc(C(N)C(=O)N2CCN(CCc3ccccc3)CC2)cc1.Cl.Cl. The zero-order valence-corrected chi connectivity index (χ0v) is 17.3. The molecule has 6 heteroatoms. The van der Waals surface area contributed by atoms with Crippen molar-refractivity contribution in [2.24, 2.45) is 5.73 Å². The van der Waals surface area contributed by atoms with Gasteiger partial charge >= 0.3 is 0 Å². The molecule has 4 nitrogen and oxygen atoms in total. The van der Waals surface area contributed by atoms with Gasteiger partial charge in [0.05, 0.1) is 0 Å². The van der Waals surface area contributed by atoms with Crippen LogP contribution in [0.1, 0.15) is 22.7 Å². The number of aryl methyl sites for hydroxylation is 1. The molecule has 27 heavy (non-hydrogen) atoms. The minimum atomic E-state index is -0.559. The van der Waals surface area contributed by atoms with Crippen LogP contribution in [0.5, 0.6) is 0 Å². The second-order valence-electron chi connectivity index (χ2n) is 6.79. The molecule has 1 atom stereocenters. The number of carbonyl (C=O) groups is 1. The zero-order valence-electron chi connectivity index (χ0n) is 15.7. The van der Waals surface area contributed by atoms with E-state index in [4.69, 9.17) is 5.73 Å². The number of nitrogens with zero attached hydrogens (tertiary/aromatic N) is 2. The molecule has 0 spiro atoms. The maximum absolute atomic E-state index is 12.7.